The van der Waals surface area contributed by atoms with Crippen LogP contribution in [0.4, 0.5) is 5.69 Å². The van der Waals surface area contributed by atoms with Crippen LogP contribution in [0.2, 0.25) is 0 Å². The third-order valence-electron chi connectivity index (χ3n) is 5.52. The number of nitrogens with zero attached hydrogens (tertiary/aromatic N) is 4. The van der Waals surface area contributed by atoms with Crippen LogP contribution in [0.5, 0.6) is 0 Å². The van der Waals surface area contributed by atoms with Crippen molar-refractivity contribution in [1.82, 2.24) is 0 Å². The summed E-state index contributed by atoms with van der Waals surface area (Å²) in [6.45, 7) is 8.01. The van der Waals surface area contributed by atoms with E-state index in [1.54, 1.807) is 0 Å². The van der Waals surface area contributed by atoms with Gasteiger partial charge in [0.1, 0.15) is 29.4 Å². The highest BCUT2D eigenvalue weighted by Crippen LogP contribution is 2.46. The molecule has 0 saturated heterocycles. The monoisotopic (exact) mass is 382 g/mol. The Morgan fingerprint density at radius 1 is 1.07 bits per heavy atom. The van der Waals surface area contributed by atoms with Gasteiger partial charge in [0.15, 0.2) is 11.3 Å². The minimum absolute atomic E-state index is 0.0560. The highest BCUT2D eigenvalue weighted by molar-refractivity contribution is 5.70. The Morgan fingerprint density at radius 2 is 1.72 bits per heavy atom. The molecule has 5 heteroatoms. The maximum Gasteiger partial charge on any atom is 0.172 e. The van der Waals surface area contributed by atoms with Crippen LogP contribution in [0.3, 0.4) is 0 Å². The zero-order chi connectivity index (χ0) is 21.4. The topological polar surface area (TPSA) is 83.8 Å². The van der Waals surface area contributed by atoms with Gasteiger partial charge < -0.3 is 9.64 Å². The molecule has 5 nitrogen and oxygen atoms in total. The van der Waals surface area contributed by atoms with E-state index in [2.05, 4.69) is 36.9 Å². The minimum atomic E-state index is -0.811. The van der Waals surface area contributed by atoms with Crippen molar-refractivity contribution in [1.29, 1.82) is 15.8 Å². The highest BCUT2D eigenvalue weighted by Gasteiger charge is 2.39. The molecule has 2 aliphatic rings. The number of hydrogen-bond donors (Lipinski definition) is 0. The van der Waals surface area contributed by atoms with Crippen LogP contribution in [0.1, 0.15) is 33.3 Å². The summed E-state index contributed by atoms with van der Waals surface area (Å²) in [4.78, 5) is 2.17. The number of rotatable bonds is 2. The number of hydrogen-bond acceptors (Lipinski definition) is 5. The van der Waals surface area contributed by atoms with E-state index in [9.17, 15) is 15.8 Å². The molecule has 0 fully saturated rings. The van der Waals surface area contributed by atoms with Crippen molar-refractivity contribution in [3.63, 3.8) is 0 Å². The van der Waals surface area contributed by atoms with E-state index in [0.717, 1.165) is 5.70 Å². The molecule has 0 saturated carbocycles. The normalized spacial score (nSPS) is 20.3. The lowest BCUT2D eigenvalue weighted by molar-refractivity contribution is 0.0954. The average Bonchev–Trinajstić information content (AvgIpc) is 3.05. The molecular formula is C24H22N4O. The van der Waals surface area contributed by atoms with Crippen molar-refractivity contribution in [3.05, 3.63) is 76.2 Å². The lowest BCUT2D eigenvalue weighted by Crippen LogP contribution is -2.22. The van der Waals surface area contributed by atoms with E-state index in [4.69, 9.17) is 4.74 Å². The minimum Gasteiger partial charge on any atom is -0.480 e. The molecule has 0 bridgehead atoms. The van der Waals surface area contributed by atoms with Gasteiger partial charge in [-0.05, 0) is 31.6 Å². The van der Waals surface area contributed by atoms with Crippen molar-refractivity contribution in [2.24, 2.45) is 0 Å². The summed E-state index contributed by atoms with van der Waals surface area (Å²) in [5, 5.41) is 28.0. The van der Waals surface area contributed by atoms with Gasteiger partial charge in [0.05, 0.1) is 0 Å². The van der Waals surface area contributed by atoms with Crippen molar-refractivity contribution >= 4 is 5.69 Å². The first-order valence-electron chi connectivity index (χ1n) is 9.29. The van der Waals surface area contributed by atoms with Gasteiger partial charge in [-0.3, -0.25) is 0 Å². The van der Waals surface area contributed by atoms with Gasteiger partial charge in [-0.1, -0.05) is 44.2 Å². The van der Waals surface area contributed by atoms with E-state index in [0.29, 0.717) is 5.57 Å². The van der Waals surface area contributed by atoms with Crippen LogP contribution in [0, 0.1) is 34.0 Å². The summed E-state index contributed by atoms with van der Waals surface area (Å²) < 4.78 is 5.80. The van der Waals surface area contributed by atoms with Gasteiger partial charge in [0.2, 0.25) is 0 Å². The highest BCUT2D eigenvalue weighted by atomic mass is 16.5. The molecule has 1 aromatic carbocycles. The number of likely N-dealkylation sites (N-methyl/N-ethyl adjacent to an activating group) is 1. The summed E-state index contributed by atoms with van der Waals surface area (Å²) >= 11 is 0. The molecule has 0 radical (unpaired) electrons. The van der Waals surface area contributed by atoms with Gasteiger partial charge in [-0.15, -0.1) is 0 Å². The van der Waals surface area contributed by atoms with Crippen molar-refractivity contribution in [2.45, 2.75) is 38.7 Å². The molecule has 0 spiro atoms. The molecule has 144 valence electrons. The molecular weight excluding hydrogens is 360 g/mol. The summed E-state index contributed by atoms with van der Waals surface area (Å²) in [5.41, 5.74) is 3.30. The summed E-state index contributed by atoms with van der Waals surface area (Å²) in [6.07, 6.45) is 5.77. The number of fused-ring (bicyclic) bond motifs is 1. The predicted octanol–water partition coefficient (Wildman–Crippen LogP) is 4.78. The van der Waals surface area contributed by atoms with Crippen LogP contribution in [0.15, 0.2) is 70.7 Å². The lowest BCUT2D eigenvalue weighted by atomic mass is 9.83. The zero-order valence-electron chi connectivity index (χ0n) is 17.2. The Morgan fingerprint density at radius 3 is 2.31 bits per heavy atom. The number of ether oxygens (including phenoxy) is 1. The fraction of sp³-hybridized carbons (Fsp3) is 0.292. The quantitative estimate of drug-likeness (QED) is 0.687. The van der Waals surface area contributed by atoms with Gasteiger partial charge in [-0.25, -0.2) is 0 Å². The van der Waals surface area contributed by atoms with Gasteiger partial charge in [0.25, 0.3) is 0 Å². The molecule has 0 aromatic heterocycles. The Bertz CT molecular complexity index is 1110. The average molecular weight is 382 g/mol. The van der Waals surface area contributed by atoms with E-state index in [1.807, 2.05) is 63.4 Å². The molecule has 1 aromatic rings. The maximum atomic E-state index is 9.63. The summed E-state index contributed by atoms with van der Waals surface area (Å²) in [5.74, 6) is 0.0560. The van der Waals surface area contributed by atoms with Gasteiger partial charge >= 0.3 is 0 Å². The number of benzene rings is 1. The SMILES string of the molecule is CN1/C(=C/C=C/C2=C(C#N)C(=C(C#N)C#N)OC2(C)C)C(C)(C)c2ccccc21. The maximum absolute atomic E-state index is 9.63. The van der Waals surface area contributed by atoms with Crippen LogP contribution in [0.25, 0.3) is 0 Å². The number of nitriles is 3. The second-order valence-electron chi connectivity index (χ2n) is 8.05. The van der Waals surface area contributed by atoms with Crippen LogP contribution >= 0.6 is 0 Å². The molecule has 0 atom stereocenters. The Kier molecular flexibility index (Phi) is 4.83. The third kappa shape index (κ3) is 3.10. The predicted molar refractivity (Wildman–Crippen MR) is 111 cm³/mol. The van der Waals surface area contributed by atoms with Crippen molar-refractivity contribution in [2.75, 3.05) is 11.9 Å². The van der Waals surface area contributed by atoms with Crippen LogP contribution in [-0.2, 0) is 10.2 Å². The number of allylic oxidation sites excluding steroid dienone is 5. The number of anilines is 1. The molecule has 0 N–H and O–H groups in total. The van der Waals surface area contributed by atoms with Crippen LogP contribution in [-0.4, -0.2) is 12.6 Å². The molecule has 2 aliphatic heterocycles. The second-order valence-corrected chi connectivity index (χ2v) is 8.05. The van der Waals surface area contributed by atoms with Crippen molar-refractivity contribution in [3.8, 4) is 18.2 Å². The molecule has 0 aliphatic carbocycles. The third-order valence-corrected chi connectivity index (χ3v) is 5.52. The summed E-state index contributed by atoms with van der Waals surface area (Å²) in [7, 11) is 2.04. The molecule has 29 heavy (non-hydrogen) atoms. The van der Waals surface area contributed by atoms with Gasteiger partial charge in [0, 0.05) is 29.4 Å². The van der Waals surface area contributed by atoms with E-state index in [-0.39, 0.29) is 22.3 Å². The fourth-order valence-electron chi connectivity index (χ4n) is 4.02. The number of para-hydroxylation sites is 1. The Balaban J connectivity index is 2.05. The zero-order valence-corrected chi connectivity index (χ0v) is 17.2. The second kappa shape index (κ2) is 7.01. The van der Waals surface area contributed by atoms with Crippen molar-refractivity contribution < 1.29 is 4.74 Å². The molecule has 2 heterocycles. The first-order valence-corrected chi connectivity index (χ1v) is 9.29. The Hall–Kier alpha value is -3.75. The van der Waals surface area contributed by atoms with Crippen LogP contribution < -0.4 is 4.90 Å². The lowest BCUT2D eigenvalue weighted by Gasteiger charge is -2.24. The van der Waals surface area contributed by atoms with E-state index in [1.165, 1.54) is 11.3 Å². The first kappa shape index (κ1) is 20.0. The Labute approximate surface area is 171 Å². The summed E-state index contributed by atoms with van der Waals surface area (Å²) in [6, 6.07) is 14.0. The smallest absolute Gasteiger partial charge is 0.172 e. The fourth-order valence-corrected chi connectivity index (χ4v) is 4.02. The van der Waals surface area contributed by atoms with E-state index >= 15 is 0 Å². The molecule has 0 unspecified atom stereocenters. The molecule has 0 amide bonds. The molecule has 3 rings (SSSR count). The largest absolute Gasteiger partial charge is 0.480 e. The first-order chi connectivity index (χ1) is 13.7. The standard InChI is InChI=1S/C24H22N4O/c1-23(2)19-9-6-7-11-20(19)28(5)21(23)12-8-10-18-17(15-27)22(16(13-25)14-26)29-24(18,3)4/h6-12H,1-5H3/b10-8+,21-12+. The van der Waals surface area contributed by atoms with Gasteiger partial charge in [-0.2, -0.15) is 15.8 Å². The van der Waals surface area contributed by atoms with E-state index < -0.39 is 5.60 Å².